The van der Waals surface area contributed by atoms with Crippen molar-refractivity contribution in [3.05, 3.63) is 0 Å². The van der Waals surface area contributed by atoms with Crippen molar-refractivity contribution in [2.45, 2.75) is 65.3 Å². The highest BCUT2D eigenvalue weighted by Crippen LogP contribution is 2.38. The number of rotatable bonds is 5. The van der Waals surface area contributed by atoms with E-state index < -0.39 is 0 Å². The van der Waals surface area contributed by atoms with Crippen LogP contribution >= 0.6 is 0 Å². The van der Waals surface area contributed by atoms with Gasteiger partial charge in [-0.15, -0.1) is 0 Å². The van der Waals surface area contributed by atoms with Crippen LogP contribution in [-0.2, 0) is 4.79 Å². The van der Waals surface area contributed by atoms with Crippen LogP contribution < -0.4 is 0 Å². The van der Waals surface area contributed by atoms with Gasteiger partial charge < -0.3 is 9.69 Å². The zero-order chi connectivity index (χ0) is 13.1. The molecule has 0 amide bonds. The lowest BCUT2D eigenvalue weighted by Crippen LogP contribution is -2.48. The van der Waals surface area contributed by atoms with Gasteiger partial charge in [-0.1, -0.05) is 13.8 Å². The molecule has 0 spiro atoms. The zero-order valence-corrected chi connectivity index (χ0v) is 12.3. The van der Waals surface area contributed by atoms with Crippen molar-refractivity contribution in [2.24, 2.45) is 11.3 Å². The monoisotopic (exact) mass is 239 g/mol. The minimum Gasteiger partial charge on any atom is -0.303 e. The van der Waals surface area contributed by atoms with Crippen molar-refractivity contribution in [3.8, 4) is 0 Å². The Morgan fingerprint density at radius 2 is 1.88 bits per heavy atom. The molecule has 0 saturated heterocycles. The highest BCUT2D eigenvalue weighted by molar-refractivity contribution is 5.60. The first-order valence-electron chi connectivity index (χ1n) is 7.03. The molecule has 1 saturated carbocycles. The molecule has 17 heavy (non-hydrogen) atoms. The van der Waals surface area contributed by atoms with Crippen molar-refractivity contribution < 1.29 is 4.79 Å². The van der Waals surface area contributed by atoms with Crippen LogP contribution in [0.15, 0.2) is 0 Å². The summed E-state index contributed by atoms with van der Waals surface area (Å²) in [5.74, 6) is 0.799. The van der Waals surface area contributed by atoms with Crippen LogP contribution in [-0.4, -0.2) is 30.3 Å². The molecule has 1 aliphatic rings. The van der Waals surface area contributed by atoms with Crippen molar-refractivity contribution in [2.75, 3.05) is 13.6 Å². The van der Waals surface area contributed by atoms with Gasteiger partial charge in [-0.25, -0.2) is 0 Å². The molecule has 1 fully saturated rings. The second-order valence-electron chi connectivity index (χ2n) is 6.68. The van der Waals surface area contributed by atoms with Gasteiger partial charge in [-0.3, -0.25) is 0 Å². The lowest BCUT2D eigenvalue weighted by Gasteiger charge is -2.43. The summed E-state index contributed by atoms with van der Waals surface area (Å²) in [5.41, 5.74) is 0.118. The molecule has 1 rings (SSSR count). The maximum absolute atomic E-state index is 11.5. The molecule has 2 heteroatoms. The van der Waals surface area contributed by atoms with Crippen LogP contribution in [0.25, 0.3) is 0 Å². The van der Waals surface area contributed by atoms with Crippen molar-refractivity contribution in [3.63, 3.8) is 0 Å². The second kappa shape index (κ2) is 5.51. The summed E-state index contributed by atoms with van der Waals surface area (Å²) in [5, 5.41) is 0. The molecular weight excluding hydrogens is 210 g/mol. The molecule has 0 bridgehead atoms. The fourth-order valence-corrected chi connectivity index (χ4v) is 2.61. The standard InChI is InChI=1S/C15H29NO/c1-6-14(3,4)16(5)11-15(12-17)9-7-13(2)8-10-15/h12-13H,6-11H2,1-5H3. The van der Waals surface area contributed by atoms with E-state index in [1.807, 2.05) is 0 Å². The van der Waals surface area contributed by atoms with E-state index >= 15 is 0 Å². The van der Waals surface area contributed by atoms with E-state index in [4.69, 9.17) is 0 Å². The van der Waals surface area contributed by atoms with Crippen LogP contribution in [0.3, 0.4) is 0 Å². The summed E-state index contributed by atoms with van der Waals surface area (Å²) in [6.07, 6.45) is 6.91. The smallest absolute Gasteiger partial charge is 0.127 e. The van der Waals surface area contributed by atoms with Crippen LogP contribution in [0, 0.1) is 11.3 Å². The minimum absolute atomic E-state index is 0.0757. The van der Waals surface area contributed by atoms with Gasteiger partial charge in [-0.2, -0.15) is 0 Å². The number of hydrogen-bond donors (Lipinski definition) is 0. The van der Waals surface area contributed by atoms with Gasteiger partial charge in [-0.05, 0) is 58.9 Å². The first-order chi connectivity index (χ1) is 7.85. The average Bonchev–Trinajstić information content (AvgIpc) is 2.32. The van der Waals surface area contributed by atoms with Gasteiger partial charge in [0.25, 0.3) is 0 Å². The largest absolute Gasteiger partial charge is 0.303 e. The lowest BCUT2D eigenvalue weighted by atomic mass is 9.71. The number of hydrogen-bond acceptors (Lipinski definition) is 2. The Bertz CT molecular complexity index is 252. The highest BCUT2D eigenvalue weighted by atomic mass is 16.1. The number of carbonyl (C=O) groups excluding carboxylic acids is 1. The van der Waals surface area contributed by atoms with Crippen molar-refractivity contribution >= 4 is 6.29 Å². The highest BCUT2D eigenvalue weighted by Gasteiger charge is 2.37. The lowest BCUT2D eigenvalue weighted by molar-refractivity contribution is -0.120. The maximum atomic E-state index is 11.5. The molecule has 2 nitrogen and oxygen atoms in total. The van der Waals surface area contributed by atoms with E-state index in [-0.39, 0.29) is 11.0 Å². The van der Waals surface area contributed by atoms with E-state index in [1.54, 1.807) is 0 Å². The van der Waals surface area contributed by atoms with Gasteiger partial charge >= 0.3 is 0 Å². The first kappa shape index (κ1) is 14.7. The zero-order valence-electron chi connectivity index (χ0n) is 12.3. The van der Waals surface area contributed by atoms with Crippen molar-refractivity contribution in [1.29, 1.82) is 0 Å². The molecule has 0 atom stereocenters. The maximum Gasteiger partial charge on any atom is 0.127 e. The van der Waals surface area contributed by atoms with Gasteiger partial charge in [0, 0.05) is 17.5 Å². The Balaban J connectivity index is 2.66. The Labute approximate surface area is 107 Å². The van der Waals surface area contributed by atoms with E-state index in [0.717, 1.165) is 31.7 Å². The number of carbonyl (C=O) groups is 1. The third-order valence-corrected chi connectivity index (χ3v) is 4.97. The van der Waals surface area contributed by atoms with E-state index in [0.29, 0.717) is 0 Å². The summed E-state index contributed by atoms with van der Waals surface area (Å²) in [4.78, 5) is 13.9. The van der Waals surface area contributed by atoms with Crippen LogP contribution in [0.4, 0.5) is 0 Å². The normalized spacial score (nSPS) is 30.6. The molecule has 0 aliphatic heterocycles. The van der Waals surface area contributed by atoms with Gasteiger partial charge in [0.1, 0.15) is 6.29 Å². The minimum atomic E-state index is -0.0757. The third-order valence-electron chi connectivity index (χ3n) is 4.97. The summed E-state index contributed by atoms with van der Waals surface area (Å²) < 4.78 is 0. The SMILES string of the molecule is CCC(C)(C)N(C)CC1(C=O)CCC(C)CC1. The Kier molecular flexibility index (Phi) is 4.77. The average molecular weight is 239 g/mol. The van der Waals surface area contributed by atoms with Crippen LogP contribution in [0.1, 0.15) is 59.8 Å². The van der Waals surface area contributed by atoms with E-state index in [1.165, 1.54) is 19.1 Å². The molecule has 0 radical (unpaired) electrons. The fraction of sp³-hybridized carbons (Fsp3) is 0.933. The third kappa shape index (κ3) is 3.54. The Morgan fingerprint density at radius 3 is 2.29 bits per heavy atom. The van der Waals surface area contributed by atoms with Crippen molar-refractivity contribution in [1.82, 2.24) is 4.90 Å². The molecule has 0 aromatic carbocycles. The quantitative estimate of drug-likeness (QED) is 0.684. The Morgan fingerprint density at radius 1 is 1.35 bits per heavy atom. The Hall–Kier alpha value is -0.370. The van der Waals surface area contributed by atoms with Crippen LogP contribution in [0.2, 0.25) is 0 Å². The molecule has 0 N–H and O–H groups in total. The fourth-order valence-electron chi connectivity index (χ4n) is 2.61. The molecule has 0 heterocycles. The number of nitrogens with zero attached hydrogens (tertiary/aromatic N) is 1. The van der Waals surface area contributed by atoms with E-state index in [9.17, 15) is 4.79 Å². The molecule has 0 unspecified atom stereocenters. The topological polar surface area (TPSA) is 20.3 Å². The van der Waals surface area contributed by atoms with Gasteiger partial charge in [0.2, 0.25) is 0 Å². The summed E-state index contributed by atoms with van der Waals surface area (Å²) >= 11 is 0. The van der Waals surface area contributed by atoms with Gasteiger partial charge in [0.05, 0.1) is 0 Å². The summed E-state index contributed by atoms with van der Waals surface area (Å²) in [6.45, 7) is 9.96. The number of aldehydes is 1. The predicted molar refractivity (Wildman–Crippen MR) is 73.1 cm³/mol. The van der Waals surface area contributed by atoms with Crippen LogP contribution in [0.5, 0.6) is 0 Å². The molecule has 0 aromatic heterocycles. The first-order valence-corrected chi connectivity index (χ1v) is 7.03. The molecule has 1 aliphatic carbocycles. The predicted octanol–water partition coefficient (Wildman–Crippen LogP) is 3.50. The molecule has 100 valence electrons. The molecular formula is C15H29NO. The summed E-state index contributed by atoms with van der Waals surface area (Å²) in [6, 6.07) is 0. The summed E-state index contributed by atoms with van der Waals surface area (Å²) in [7, 11) is 2.16. The molecule has 0 aromatic rings. The van der Waals surface area contributed by atoms with E-state index in [2.05, 4.69) is 39.6 Å². The second-order valence-corrected chi connectivity index (χ2v) is 6.68. The van der Waals surface area contributed by atoms with Gasteiger partial charge in [0.15, 0.2) is 0 Å².